The molecule has 0 saturated heterocycles. The molecule has 0 radical (unpaired) electrons. The lowest BCUT2D eigenvalue weighted by atomic mass is 10.1. The normalized spacial score (nSPS) is 10.6. The molecule has 0 fully saturated rings. The molecule has 0 saturated carbocycles. The molecule has 2 nitrogen and oxygen atoms in total. The van der Waals surface area contributed by atoms with E-state index < -0.39 is 0 Å². The summed E-state index contributed by atoms with van der Waals surface area (Å²) in [6, 6.07) is 5.17. The minimum absolute atomic E-state index is 0.331. The molecule has 0 aliphatic carbocycles. The Morgan fingerprint density at radius 2 is 2.07 bits per heavy atom. The van der Waals surface area contributed by atoms with Crippen molar-refractivity contribution in [1.82, 2.24) is 5.16 Å². The first kappa shape index (κ1) is 10.8. The molecule has 2 aromatic rings. The fourth-order valence-corrected chi connectivity index (χ4v) is 1.94. The second-order valence-electron chi connectivity index (χ2n) is 2.94. The molecule has 2 rings (SSSR count). The van der Waals surface area contributed by atoms with Gasteiger partial charge in [0.1, 0.15) is 0 Å². The van der Waals surface area contributed by atoms with Crippen LogP contribution in [0.3, 0.4) is 0 Å². The van der Waals surface area contributed by atoms with Gasteiger partial charge in [-0.05, 0) is 18.2 Å². The Morgan fingerprint density at radius 3 is 2.73 bits per heavy atom. The molecule has 1 aromatic carbocycles. The summed E-state index contributed by atoms with van der Waals surface area (Å²) in [7, 11) is 0. The van der Waals surface area contributed by atoms with Crippen LogP contribution in [0.25, 0.3) is 11.3 Å². The van der Waals surface area contributed by atoms with Crippen LogP contribution in [0.2, 0.25) is 10.0 Å². The van der Waals surface area contributed by atoms with E-state index in [-0.39, 0.29) is 0 Å². The number of alkyl halides is 1. The standard InChI is InChI=1S/C10H6Cl3NO/c11-4-6-5-14-15-10(6)8-2-1-7(12)3-9(8)13/h1-3,5H,4H2. The van der Waals surface area contributed by atoms with Gasteiger partial charge in [-0.1, -0.05) is 28.4 Å². The Labute approximate surface area is 102 Å². The van der Waals surface area contributed by atoms with Crippen molar-refractivity contribution in [2.45, 2.75) is 5.88 Å². The summed E-state index contributed by atoms with van der Waals surface area (Å²) in [5, 5.41) is 4.78. The van der Waals surface area contributed by atoms with Gasteiger partial charge in [-0.25, -0.2) is 0 Å². The molecular weight excluding hydrogens is 256 g/mol. The van der Waals surface area contributed by atoms with Crippen molar-refractivity contribution in [3.63, 3.8) is 0 Å². The van der Waals surface area contributed by atoms with Gasteiger partial charge < -0.3 is 4.52 Å². The summed E-state index contributed by atoms with van der Waals surface area (Å²) in [5.41, 5.74) is 1.55. The van der Waals surface area contributed by atoms with Crippen molar-refractivity contribution in [3.8, 4) is 11.3 Å². The molecule has 0 N–H and O–H groups in total. The molecule has 0 aliphatic heterocycles. The van der Waals surface area contributed by atoms with Gasteiger partial charge in [0.2, 0.25) is 0 Å². The maximum atomic E-state index is 6.03. The molecule has 1 aromatic heterocycles. The van der Waals surface area contributed by atoms with Crippen LogP contribution >= 0.6 is 34.8 Å². The van der Waals surface area contributed by atoms with E-state index >= 15 is 0 Å². The first-order valence-corrected chi connectivity index (χ1v) is 5.46. The number of rotatable bonds is 2. The monoisotopic (exact) mass is 261 g/mol. The van der Waals surface area contributed by atoms with Gasteiger partial charge in [-0.15, -0.1) is 11.6 Å². The second kappa shape index (κ2) is 4.44. The third-order valence-corrected chi connectivity index (χ3v) is 2.80. The van der Waals surface area contributed by atoms with E-state index in [1.807, 2.05) is 0 Å². The maximum absolute atomic E-state index is 6.03. The van der Waals surface area contributed by atoms with E-state index in [0.717, 1.165) is 11.1 Å². The molecule has 15 heavy (non-hydrogen) atoms. The fraction of sp³-hybridized carbons (Fsp3) is 0.100. The van der Waals surface area contributed by atoms with Crippen LogP contribution in [0.5, 0.6) is 0 Å². The van der Waals surface area contributed by atoms with Crippen LogP contribution in [-0.4, -0.2) is 5.16 Å². The van der Waals surface area contributed by atoms with Crippen molar-refractivity contribution in [1.29, 1.82) is 0 Å². The highest BCUT2D eigenvalue weighted by molar-refractivity contribution is 6.36. The van der Waals surface area contributed by atoms with Crippen LogP contribution in [0, 0.1) is 0 Å². The zero-order valence-electron chi connectivity index (χ0n) is 7.51. The van der Waals surface area contributed by atoms with E-state index in [2.05, 4.69) is 5.16 Å². The highest BCUT2D eigenvalue weighted by Crippen LogP contribution is 2.32. The number of benzene rings is 1. The third-order valence-electron chi connectivity index (χ3n) is 1.96. The minimum atomic E-state index is 0.331. The Balaban J connectivity index is 2.54. The lowest BCUT2D eigenvalue weighted by Crippen LogP contribution is -1.82. The number of aromatic nitrogens is 1. The summed E-state index contributed by atoms with van der Waals surface area (Å²) in [5.74, 6) is 0.921. The highest BCUT2D eigenvalue weighted by Gasteiger charge is 2.13. The molecule has 0 atom stereocenters. The Morgan fingerprint density at radius 1 is 1.27 bits per heavy atom. The van der Waals surface area contributed by atoms with Crippen molar-refractivity contribution in [2.75, 3.05) is 0 Å². The van der Waals surface area contributed by atoms with E-state index in [4.69, 9.17) is 39.3 Å². The van der Waals surface area contributed by atoms with E-state index in [1.54, 1.807) is 24.4 Å². The van der Waals surface area contributed by atoms with Crippen LogP contribution < -0.4 is 0 Å². The molecule has 5 heteroatoms. The summed E-state index contributed by atoms with van der Waals surface area (Å²) in [4.78, 5) is 0. The van der Waals surface area contributed by atoms with Crippen molar-refractivity contribution >= 4 is 34.8 Å². The van der Waals surface area contributed by atoms with Gasteiger partial charge in [-0.3, -0.25) is 0 Å². The number of halogens is 3. The predicted molar refractivity (Wildman–Crippen MR) is 61.5 cm³/mol. The summed E-state index contributed by atoms with van der Waals surface area (Å²) in [6.45, 7) is 0. The molecule has 1 heterocycles. The Kier molecular flexibility index (Phi) is 3.19. The minimum Gasteiger partial charge on any atom is -0.356 e. The van der Waals surface area contributed by atoms with Gasteiger partial charge in [0.25, 0.3) is 0 Å². The third kappa shape index (κ3) is 2.12. The number of nitrogens with zero attached hydrogens (tertiary/aromatic N) is 1. The topological polar surface area (TPSA) is 26.0 Å². The largest absolute Gasteiger partial charge is 0.356 e. The second-order valence-corrected chi connectivity index (χ2v) is 4.05. The Hall–Kier alpha value is -0.700. The predicted octanol–water partition coefficient (Wildman–Crippen LogP) is 4.39. The first-order valence-electron chi connectivity index (χ1n) is 4.17. The SMILES string of the molecule is ClCc1cnoc1-c1ccc(Cl)cc1Cl. The summed E-state index contributed by atoms with van der Waals surface area (Å²) in [6.07, 6.45) is 1.58. The maximum Gasteiger partial charge on any atom is 0.172 e. The molecule has 0 unspecified atom stereocenters. The zero-order chi connectivity index (χ0) is 10.8. The van der Waals surface area contributed by atoms with Gasteiger partial charge >= 0.3 is 0 Å². The summed E-state index contributed by atoms with van der Waals surface area (Å²) >= 11 is 17.6. The van der Waals surface area contributed by atoms with Crippen LogP contribution in [-0.2, 0) is 5.88 Å². The zero-order valence-corrected chi connectivity index (χ0v) is 9.77. The van der Waals surface area contributed by atoms with Crippen molar-refractivity contribution in [2.24, 2.45) is 0 Å². The van der Waals surface area contributed by atoms with Crippen molar-refractivity contribution in [3.05, 3.63) is 40.0 Å². The smallest absolute Gasteiger partial charge is 0.172 e. The molecule has 0 spiro atoms. The molecule has 0 bridgehead atoms. The molecule has 0 aliphatic rings. The fourth-order valence-electron chi connectivity index (χ4n) is 1.25. The molecule has 78 valence electrons. The lowest BCUT2D eigenvalue weighted by molar-refractivity contribution is 0.432. The van der Waals surface area contributed by atoms with Gasteiger partial charge in [-0.2, -0.15) is 0 Å². The van der Waals surface area contributed by atoms with Crippen LogP contribution in [0.15, 0.2) is 28.9 Å². The molecule has 0 amide bonds. The van der Waals surface area contributed by atoms with Crippen LogP contribution in [0.4, 0.5) is 0 Å². The van der Waals surface area contributed by atoms with E-state index in [9.17, 15) is 0 Å². The van der Waals surface area contributed by atoms with Crippen LogP contribution in [0.1, 0.15) is 5.56 Å². The van der Waals surface area contributed by atoms with Gasteiger partial charge in [0.05, 0.1) is 17.1 Å². The quantitative estimate of drug-likeness (QED) is 0.750. The van der Waals surface area contributed by atoms with Crippen molar-refractivity contribution < 1.29 is 4.52 Å². The average molecular weight is 263 g/mol. The Bertz CT molecular complexity index is 481. The van der Waals surface area contributed by atoms with E-state index in [0.29, 0.717) is 21.7 Å². The summed E-state index contributed by atoms with van der Waals surface area (Å²) < 4.78 is 5.10. The first-order chi connectivity index (χ1) is 7.22. The molecular formula is C10H6Cl3NO. The number of hydrogen-bond acceptors (Lipinski definition) is 2. The van der Waals surface area contributed by atoms with E-state index in [1.165, 1.54) is 0 Å². The average Bonchev–Trinajstić information content (AvgIpc) is 2.65. The van der Waals surface area contributed by atoms with Gasteiger partial charge in [0, 0.05) is 16.1 Å². The highest BCUT2D eigenvalue weighted by atomic mass is 35.5. The number of hydrogen-bond donors (Lipinski definition) is 0. The van der Waals surface area contributed by atoms with Gasteiger partial charge in [0.15, 0.2) is 5.76 Å². The lowest BCUT2D eigenvalue weighted by Gasteiger charge is -2.01.